The third-order valence-corrected chi connectivity index (χ3v) is 4.09. The number of rotatable bonds is 6. The second-order valence-corrected chi connectivity index (χ2v) is 6.46. The molecular formula is C16H28N2O. The first-order chi connectivity index (χ1) is 9.15. The van der Waals surface area contributed by atoms with Gasteiger partial charge in [-0.25, -0.2) is 0 Å². The van der Waals surface area contributed by atoms with E-state index in [9.17, 15) is 4.79 Å². The van der Waals surface area contributed by atoms with Gasteiger partial charge in [0.2, 0.25) is 5.91 Å². The van der Waals surface area contributed by atoms with Crippen molar-refractivity contribution in [3.05, 3.63) is 12.2 Å². The van der Waals surface area contributed by atoms with Crippen LogP contribution in [0.4, 0.5) is 0 Å². The van der Waals surface area contributed by atoms with E-state index in [1.54, 1.807) is 0 Å². The lowest BCUT2D eigenvalue weighted by molar-refractivity contribution is -0.132. The van der Waals surface area contributed by atoms with E-state index in [0.29, 0.717) is 30.2 Å². The van der Waals surface area contributed by atoms with Crippen LogP contribution < -0.4 is 5.32 Å². The summed E-state index contributed by atoms with van der Waals surface area (Å²) in [5.41, 5.74) is 0. The van der Waals surface area contributed by atoms with Gasteiger partial charge in [0, 0.05) is 25.6 Å². The van der Waals surface area contributed by atoms with Gasteiger partial charge in [-0.3, -0.25) is 4.79 Å². The molecule has 1 heterocycles. The number of hydrogen-bond donors (Lipinski definition) is 1. The summed E-state index contributed by atoms with van der Waals surface area (Å²) < 4.78 is 0. The summed E-state index contributed by atoms with van der Waals surface area (Å²) in [6, 6.07) is 0.516. The molecule has 3 nitrogen and oxygen atoms in total. The predicted octanol–water partition coefficient (Wildman–Crippen LogP) is 2.58. The van der Waals surface area contributed by atoms with E-state index in [2.05, 4.69) is 36.2 Å². The Balaban J connectivity index is 1.86. The number of amides is 1. The molecule has 0 radical (unpaired) electrons. The highest BCUT2D eigenvalue weighted by Gasteiger charge is 2.24. The van der Waals surface area contributed by atoms with Gasteiger partial charge < -0.3 is 10.2 Å². The average Bonchev–Trinajstić information content (AvgIpc) is 3.00. The summed E-state index contributed by atoms with van der Waals surface area (Å²) in [7, 11) is 0. The van der Waals surface area contributed by atoms with Crippen molar-refractivity contribution >= 4 is 5.91 Å². The van der Waals surface area contributed by atoms with Crippen molar-refractivity contribution in [3.63, 3.8) is 0 Å². The third-order valence-electron chi connectivity index (χ3n) is 4.09. The smallest absolute Gasteiger partial charge is 0.223 e. The largest absolute Gasteiger partial charge is 0.341 e. The SMILES string of the molecule is CC(C)CN(CC1CCCN1)C(=O)CC1C=CCC1. The van der Waals surface area contributed by atoms with Crippen molar-refractivity contribution in [1.82, 2.24) is 10.2 Å². The number of allylic oxidation sites excluding steroid dienone is 2. The zero-order valence-electron chi connectivity index (χ0n) is 12.4. The molecule has 0 spiro atoms. The Kier molecular flexibility index (Phi) is 5.44. The molecule has 19 heavy (non-hydrogen) atoms. The predicted molar refractivity (Wildman–Crippen MR) is 78.9 cm³/mol. The molecule has 0 saturated carbocycles. The second-order valence-electron chi connectivity index (χ2n) is 6.46. The fraction of sp³-hybridized carbons (Fsp3) is 0.812. The van der Waals surface area contributed by atoms with Gasteiger partial charge in [0.05, 0.1) is 0 Å². The number of carbonyl (C=O) groups is 1. The standard InChI is InChI=1S/C16H28N2O/c1-13(2)11-18(12-15-8-5-9-17-15)16(19)10-14-6-3-4-7-14/h3,6,13-15,17H,4-5,7-12H2,1-2H3. The maximum Gasteiger partial charge on any atom is 0.223 e. The summed E-state index contributed by atoms with van der Waals surface area (Å²) in [4.78, 5) is 14.6. The van der Waals surface area contributed by atoms with Crippen LogP contribution in [0.25, 0.3) is 0 Å². The van der Waals surface area contributed by atoms with Gasteiger partial charge in [0.1, 0.15) is 0 Å². The Bertz CT molecular complexity index is 319. The van der Waals surface area contributed by atoms with Gasteiger partial charge in [0.25, 0.3) is 0 Å². The minimum Gasteiger partial charge on any atom is -0.341 e. The highest BCUT2D eigenvalue weighted by molar-refractivity contribution is 5.76. The fourth-order valence-corrected chi connectivity index (χ4v) is 3.12. The van der Waals surface area contributed by atoms with Crippen molar-refractivity contribution in [2.75, 3.05) is 19.6 Å². The first-order valence-corrected chi connectivity index (χ1v) is 7.83. The summed E-state index contributed by atoms with van der Waals surface area (Å²) >= 11 is 0. The Morgan fingerprint density at radius 2 is 2.26 bits per heavy atom. The molecule has 108 valence electrons. The minimum absolute atomic E-state index is 0.346. The number of hydrogen-bond acceptors (Lipinski definition) is 2. The Hall–Kier alpha value is -0.830. The number of nitrogens with one attached hydrogen (secondary N) is 1. The molecule has 1 N–H and O–H groups in total. The van der Waals surface area contributed by atoms with Crippen LogP contribution in [-0.2, 0) is 4.79 Å². The number of carbonyl (C=O) groups excluding carboxylic acids is 1. The van der Waals surface area contributed by atoms with E-state index in [0.717, 1.165) is 32.5 Å². The van der Waals surface area contributed by atoms with Crippen LogP contribution in [0, 0.1) is 11.8 Å². The van der Waals surface area contributed by atoms with Gasteiger partial charge in [-0.2, -0.15) is 0 Å². The first-order valence-electron chi connectivity index (χ1n) is 7.83. The van der Waals surface area contributed by atoms with E-state index in [1.165, 1.54) is 12.8 Å². The fourth-order valence-electron chi connectivity index (χ4n) is 3.12. The lowest BCUT2D eigenvalue weighted by Gasteiger charge is -2.28. The molecule has 2 atom stereocenters. The molecule has 2 unspecified atom stereocenters. The topological polar surface area (TPSA) is 32.3 Å². The Morgan fingerprint density at radius 1 is 1.42 bits per heavy atom. The van der Waals surface area contributed by atoms with E-state index >= 15 is 0 Å². The molecule has 2 aliphatic rings. The molecule has 1 amide bonds. The van der Waals surface area contributed by atoms with Gasteiger partial charge in [0.15, 0.2) is 0 Å². The highest BCUT2D eigenvalue weighted by Crippen LogP contribution is 2.22. The van der Waals surface area contributed by atoms with Crippen LogP contribution in [0.5, 0.6) is 0 Å². The summed E-state index contributed by atoms with van der Waals surface area (Å²) in [6.07, 6.45) is 9.90. The second kappa shape index (κ2) is 7.09. The quantitative estimate of drug-likeness (QED) is 0.748. The molecular weight excluding hydrogens is 236 g/mol. The van der Waals surface area contributed by atoms with Gasteiger partial charge in [-0.15, -0.1) is 0 Å². The molecule has 1 saturated heterocycles. The Labute approximate surface area is 117 Å². The molecule has 1 aliphatic heterocycles. The number of nitrogens with zero attached hydrogens (tertiary/aromatic N) is 1. The average molecular weight is 264 g/mol. The van der Waals surface area contributed by atoms with Crippen molar-refractivity contribution in [2.24, 2.45) is 11.8 Å². The summed E-state index contributed by atoms with van der Waals surface area (Å²) in [5.74, 6) is 1.38. The highest BCUT2D eigenvalue weighted by atomic mass is 16.2. The summed E-state index contributed by atoms with van der Waals surface area (Å²) in [5, 5.41) is 3.50. The van der Waals surface area contributed by atoms with Crippen LogP contribution in [0.3, 0.4) is 0 Å². The first kappa shape index (κ1) is 14.6. The molecule has 2 rings (SSSR count). The van der Waals surface area contributed by atoms with Gasteiger partial charge in [-0.1, -0.05) is 26.0 Å². The molecule has 0 aromatic carbocycles. The van der Waals surface area contributed by atoms with Crippen molar-refractivity contribution < 1.29 is 4.79 Å². The van der Waals surface area contributed by atoms with Crippen molar-refractivity contribution in [2.45, 2.75) is 52.0 Å². The van der Waals surface area contributed by atoms with Crippen LogP contribution >= 0.6 is 0 Å². The van der Waals surface area contributed by atoms with E-state index < -0.39 is 0 Å². The maximum absolute atomic E-state index is 12.5. The molecule has 0 aromatic heterocycles. The third kappa shape index (κ3) is 4.64. The van der Waals surface area contributed by atoms with Crippen LogP contribution in [0.1, 0.15) is 46.0 Å². The maximum atomic E-state index is 12.5. The Morgan fingerprint density at radius 3 is 2.84 bits per heavy atom. The van der Waals surface area contributed by atoms with E-state index in [4.69, 9.17) is 0 Å². The molecule has 0 bridgehead atoms. The van der Waals surface area contributed by atoms with Crippen molar-refractivity contribution in [1.29, 1.82) is 0 Å². The van der Waals surface area contributed by atoms with Crippen LogP contribution in [-0.4, -0.2) is 36.5 Å². The zero-order chi connectivity index (χ0) is 13.7. The van der Waals surface area contributed by atoms with E-state index in [-0.39, 0.29) is 0 Å². The zero-order valence-corrected chi connectivity index (χ0v) is 12.4. The molecule has 3 heteroatoms. The summed E-state index contributed by atoms with van der Waals surface area (Å²) in [6.45, 7) is 7.29. The van der Waals surface area contributed by atoms with Crippen LogP contribution in [0.15, 0.2) is 12.2 Å². The monoisotopic (exact) mass is 264 g/mol. The van der Waals surface area contributed by atoms with Gasteiger partial charge in [-0.05, 0) is 44.1 Å². The minimum atomic E-state index is 0.346. The molecule has 0 aromatic rings. The van der Waals surface area contributed by atoms with Crippen molar-refractivity contribution in [3.8, 4) is 0 Å². The van der Waals surface area contributed by atoms with Gasteiger partial charge >= 0.3 is 0 Å². The normalized spacial score (nSPS) is 26.3. The lowest BCUT2D eigenvalue weighted by atomic mass is 10.0. The van der Waals surface area contributed by atoms with E-state index in [1.807, 2.05) is 0 Å². The molecule has 1 fully saturated rings. The van der Waals surface area contributed by atoms with Crippen LogP contribution in [0.2, 0.25) is 0 Å². The molecule has 1 aliphatic carbocycles. The lowest BCUT2D eigenvalue weighted by Crippen LogP contribution is -2.43.